The zero-order valence-electron chi connectivity index (χ0n) is 6.81. The topological polar surface area (TPSA) is 4.93 Å². The second-order valence-corrected chi connectivity index (χ2v) is 2.74. The first-order chi connectivity index (χ1) is 4.63. The van der Waals surface area contributed by atoms with Gasteiger partial charge in [-0.1, -0.05) is 6.58 Å². The van der Waals surface area contributed by atoms with Gasteiger partial charge < -0.3 is 4.57 Å². The number of allylic oxidation sites excluding steroid dienone is 1. The predicted octanol–water partition coefficient (Wildman–Crippen LogP) is 2.37. The smallest absolute Gasteiger partial charge is 0.0457 e. The molecule has 1 heteroatoms. The third-order valence-electron chi connectivity index (χ3n) is 1.68. The fourth-order valence-corrected chi connectivity index (χ4v) is 1.29. The largest absolute Gasteiger partial charge is 0.351 e. The molecule has 0 aliphatic carbocycles. The van der Waals surface area contributed by atoms with Gasteiger partial charge in [-0.3, -0.25) is 0 Å². The lowest BCUT2D eigenvalue weighted by Gasteiger charge is -2.02. The summed E-state index contributed by atoms with van der Waals surface area (Å²) in [5.41, 5.74) is 3.68. The van der Waals surface area contributed by atoms with Crippen molar-refractivity contribution < 1.29 is 0 Å². The number of aromatic nitrogens is 1. The van der Waals surface area contributed by atoms with E-state index in [4.69, 9.17) is 0 Å². The van der Waals surface area contributed by atoms with Crippen molar-refractivity contribution in [2.45, 2.75) is 13.8 Å². The molecule has 0 amide bonds. The van der Waals surface area contributed by atoms with Gasteiger partial charge in [-0.2, -0.15) is 0 Å². The molecule has 0 atom stereocenters. The van der Waals surface area contributed by atoms with E-state index in [0.717, 1.165) is 5.57 Å². The van der Waals surface area contributed by atoms with Gasteiger partial charge in [-0.05, 0) is 31.1 Å². The number of aryl methyl sites for hydroxylation is 2. The molecule has 0 saturated carbocycles. The van der Waals surface area contributed by atoms with Crippen LogP contribution in [0.5, 0.6) is 0 Å². The third-order valence-corrected chi connectivity index (χ3v) is 1.68. The van der Waals surface area contributed by atoms with Crippen LogP contribution in [0.2, 0.25) is 0 Å². The standard InChI is InChI=1S/C9H13N/c1-7(2)9-8(3)5-6-10(9)4/h5-6H,1H2,2-4H3. The van der Waals surface area contributed by atoms with Crippen LogP contribution in [-0.4, -0.2) is 4.57 Å². The molecule has 0 aliphatic rings. The van der Waals surface area contributed by atoms with Crippen molar-refractivity contribution in [2.24, 2.45) is 7.05 Å². The average Bonchev–Trinajstić information content (AvgIpc) is 2.11. The molecule has 1 nitrogen and oxygen atoms in total. The van der Waals surface area contributed by atoms with Crippen LogP contribution in [-0.2, 0) is 7.05 Å². The lowest BCUT2D eigenvalue weighted by molar-refractivity contribution is 0.904. The van der Waals surface area contributed by atoms with Crippen molar-refractivity contribution in [3.63, 3.8) is 0 Å². The maximum Gasteiger partial charge on any atom is 0.0457 e. The molecule has 54 valence electrons. The molecule has 1 aromatic heterocycles. The first kappa shape index (κ1) is 7.13. The molecule has 1 heterocycles. The molecule has 0 aliphatic heterocycles. The molecule has 0 saturated heterocycles. The third kappa shape index (κ3) is 0.991. The first-order valence-electron chi connectivity index (χ1n) is 3.40. The molecule has 10 heavy (non-hydrogen) atoms. The monoisotopic (exact) mass is 135 g/mol. The molecule has 0 radical (unpaired) electrons. The number of hydrogen-bond donors (Lipinski definition) is 0. The normalized spacial score (nSPS) is 9.90. The van der Waals surface area contributed by atoms with Crippen LogP contribution in [0.4, 0.5) is 0 Å². The lowest BCUT2D eigenvalue weighted by Crippen LogP contribution is -1.92. The van der Waals surface area contributed by atoms with Gasteiger partial charge in [-0.15, -0.1) is 0 Å². The van der Waals surface area contributed by atoms with Gasteiger partial charge >= 0.3 is 0 Å². The molecular formula is C9H13N. The van der Waals surface area contributed by atoms with Crippen LogP contribution >= 0.6 is 0 Å². The van der Waals surface area contributed by atoms with E-state index >= 15 is 0 Å². The van der Waals surface area contributed by atoms with E-state index in [1.807, 2.05) is 14.0 Å². The van der Waals surface area contributed by atoms with Crippen molar-refractivity contribution in [1.29, 1.82) is 0 Å². The minimum Gasteiger partial charge on any atom is -0.351 e. The summed E-state index contributed by atoms with van der Waals surface area (Å²) in [6.45, 7) is 8.03. The fraction of sp³-hybridized carbons (Fsp3) is 0.333. The minimum absolute atomic E-state index is 1.13. The van der Waals surface area contributed by atoms with Crippen molar-refractivity contribution in [1.82, 2.24) is 4.57 Å². The summed E-state index contributed by atoms with van der Waals surface area (Å²) in [5.74, 6) is 0. The molecule has 0 fully saturated rings. The lowest BCUT2D eigenvalue weighted by atomic mass is 10.2. The minimum atomic E-state index is 1.13. The van der Waals surface area contributed by atoms with Gasteiger partial charge in [0, 0.05) is 18.9 Å². The van der Waals surface area contributed by atoms with E-state index in [1.54, 1.807) is 0 Å². The number of hydrogen-bond acceptors (Lipinski definition) is 0. The highest BCUT2D eigenvalue weighted by molar-refractivity contribution is 5.61. The number of nitrogens with zero attached hydrogens (tertiary/aromatic N) is 1. The second kappa shape index (κ2) is 2.33. The van der Waals surface area contributed by atoms with Crippen LogP contribution < -0.4 is 0 Å². The summed E-state index contributed by atoms with van der Waals surface area (Å²) in [6.07, 6.45) is 2.05. The average molecular weight is 135 g/mol. The van der Waals surface area contributed by atoms with Crippen molar-refractivity contribution >= 4 is 5.57 Å². The van der Waals surface area contributed by atoms with E-state index in [-0.39, 0.29) is 0 Å². The van der Waals surface area contributed by atoms with Gasteiger partial charge in [0.05, 0.1) is 0 Å². The molecule has 1 aromatic rings. The quantitative estimate of drug-likeness (QED) is 0.557. The van der Waals surface area contributed by atoms with Crippen LogP contribution in [0, 0.1) is 6.92 Å². The highest BCUT2D eigenvalue weighted by Gasteiger charge is 2.01. The Morgan fingerprint density at radius 3 is 2.40 bits per heavy atom. The van der Waals surface area contributed by atoms with E-state index in [1.165, 1.54) is 11.3 Å². The van der Waals surface area contributed by atoms with E-state index < -0.39 is 0 Å². The Hall–Kier alpha value is -0.980. The van der Waals surface area contributed by atoms with Crippen molar-refractivity contribution in [3.8, 4) is 0 Å². The van der Waals surface area contributed by atoms with E-state index in [0.29, 0.717) is 0 Å². The summed E-state index contributed by atoms with van der Waals surface area (Å²) >= 11 is 0. The summed E-state index contributed by atoms with van der Waals surface area (Å²) < 4.78 is 2.09. The molecule has 0 bridgehead atoms. The summed E-state index contributed by atoms with van der Waals surface area (Å²) in [4.78, 5) is 0. The molecular weight excluding hydrogens is 122 g/mol. The van der Waals surface area contributed by atoms with Crippen LogP contribution in [0.1, 0.15) is 18.2 Å². The zero-order chi connectivity index (χ0) is 7.72. The Labute approximate surface area is 62.0 Å². The summed E-state index contributed by atoms with van der Waals surface area (Å²) in [7, 11) is 2.04. The highest BCUT2D eigenvalue weighted by atomic mass is 14.9. The summed E-state index contributed by atoms with van der Waals surface area (Å²) in [6, 6.07) is 2.10. The maximum absolute atomic E-state index is 3.90. The highest BCUT2D eigenvalue weighted by Crippen LogP contribution is 2.16. The van der Waals surface area contributed by atoms with Gasteiger partial charge in [0.1, 0.15) is 0 Å². The van der Waals surface area contributed by atoms with E-state index in [9.17, 15) is 0 Å². The molecule has 0 N–H and O–H groups in total. The molecule has 0 spiro atoms. The summed E-state index contributed by atoms with van der Waals surface area (Å²) in [5, 5.41) is 0. The van der Waals surface area contributed by atoms with Crippen molar-refractivity contribution in [3.05, 3.63) is 30.1 Å². The van der Waals surface area contributed by atoms with Gasteiger partial charge in [-0.25, -0.2) is 0 Å². The van der Waals surface area contributed by atoms with Crippen LogP contribution in [0.3, 0.4) is 0 Å². The Morgan fingerprint density at radius 1 is 1.60 bits per heavy atom. The van der Waals surface area contributed by atoms with Gasteiger partial charge in [0.15, 0.2) is 0 Å². The zero-order valence-corrected chi connectivity index (χ0v) is 6.81. The number of rotatable bonds is 1. The Bertz CT molecular complexity index is 236. The molecule has 1 rings (SSSR count). The Balaban J connectivity index is 3.23. The first-order valence-corrected chi connectivity index (χ1v) is 3.40. The SMILES string of the molecule is C=C(C)c1c(C)ccn1C. The Morgan fingerprint density at radius 2 is 2.20 bits per heavy atom. The van der Waals surface area contributed by atoms with Gasteiger partial charge in [0.2, 0.25) is 0 Å². The van der Waals surface area contributed by atoms with E-state index in [2.05, 4.69) is 30.3 Å². The maximum atomic E-state index is 3.90. The van der Waals surface area contributed by atoms with Crippen LogP contribution in [0.25, 0.3) is 5.57 Å². The Kier molecular flexibility index (Phi) is 1.66. The second-order valence-electron chi connectivity index (χ2n) is 2.74. The molecule has 0 unspecified atom stereocenters. The van der Waals surface area contributed by atoms with Crippen molar-refractivity contribution in [2.75, 3.05) is 0 Å². The fourth-order valence-electron chi connectivity index (χ4n) is 1.29. The van der Waals surface area contributed by atoms with Crippen LogP contribution in [0.15, 0.2) is 18.8 Å². The predicted molar refractivity (Wildman–Crippen MR) is 44.9 cm³/mol. The van der Waals surface area contributed by atoms with Gasteiger partial charge in [0.25, 0.3) is 0 Å². The molecule has 0 aromatic carbocycles.